The molecule has 2 rings (SSSR count). The minimum atomic E-state index is -0.842. The number of carbonyl (C=O) groups excluding carboxylic acids is 2. The lowest BCUT2D eigenvalue weighted by Gasteiger charge is -2.23. The third-order valence-corrected chi connectivity index (χ3v) is 4.46. The maximum atomic E-state index is 13.1. The molecule has 0 aromatic heterocycles. The van der Waals surface area contributed by atoms with Gasteiger partial charge in [0, 0.05) is 18.2 Å². The van der Waals surface area contributed by atoms with Crippen LogP contribution in [0.25, 0.3) is 0 Å². The van der Waals surface area contributed by atoms with Crippen molar-refractivity contribution in [1.29, 1.82) is 0 Å². The number of ether oxygens (including phenoxy) is 4. The number of rotatable bonds is 11. The van der Waals surface area contributed by atoms with Gasteiger partial charge in [-0.3, -0.25) is 0 Å². The van der Waals surface area contributed by atoms with Gasteiger partial charge >= 0.3 is 5.97 Å². The molecule has 0 fully saturated rings. The largest absolute Gasteiger partial charge is 0.493 e. The van der Waals surface area contributed by atoms with Crippen LogP contribution >= 0.6 is 0 Å². The van der Waals surface area contributed by atoms with E-state index in [1.54, 1.807) is 37.3 Å². The molecule has 2 aromatic rings. The zero-order valence-corrected chi connectivity index (χ0v) is 18.3. The van der Waals surface area contributed by atoms with E-state index in [9.17, 15) is 9.59 Å². The SMILES string of the molecule is CCCCOc1cc(C(C=O)OC)c(OC(C)C)c(C)c1C(=O)Oc1ccccc1. The Labute approximate surface area is 178 Å². The monoisotopic (exact) mass is 414 g/mol. The summed E-state index contributed by atoms with van der Waals surface area (Å²) in [7, 11) is 1.45. The van der Waals surface area contributed by atoms with Crippen LogP contribution in [0.2, 0.25) is 0 Å². The maximum absolute atomic E-state index is 13.1. The summed E-state index contributed by atoms with van der Waals surface area (Å²) in [5.74, 6) is 0.647. The maximum Gasteiger partial charge on any atom is 0.347 e. The number of benzene rings is 2. The number of hydrogen-bond acceptors (Lipinski definition) is 6. The quantitative estimate of drug-likeness (QED) is 0.221. The van der Waals surface area contributed by atoms with E-state index in [1.165, 1.54) is 7.11 Å². The van der Waals surface area contributed by atoms with Crippen LogP contribution < -0.4 is 14.2 Å². The Morgan fingerprint density at radius 1 is 1.17 bits per heavy atom. The number of esters is 1. The van der Waals surface area contributed by atoms with E-state index in [0.717, 1.165) is 12.8 Å². The molecule has 162 valence electrons. The summed E-state index contributed by atoms with van der Waals surface area (Å²) in [6.45, 7) is 7.99. The molecule has 6 nitrogen and oxygen atoms in total. The molecule has 0 amide bonds. The molecule has 0 radical (unpaired) electrons. The van der Waals surface area contributed by atoms with E-state index in [1.807, 2.05) is 19.9 Å². The Hall–Kier alpha value is -2.86. The average Bonchev–Trinajstić information content (AvgIpc) is 2.72. The number of aldehydes is 1. The molecule has 6 heteroatoms. The summed E-state index contributed by atoms with van der Waals surface area (Å²) in [5, 5.41) is 0. The van der Waals surface area contributed by atoms with Gasteiger partial charge in [0.05, 0.1) is 12.7 Å². The molecule has 1 unspecified atom stereocenters. The molecule has 2 aromatic carbocycles. The normalized spacial score (nSPS) is 11.8. The third kappa shape index (κ3) is 5.83. The average molecular weight is 414 g/mol. The van der Waals surface area contributed by atoms with Gasteiger partial charge in [-0.25, -0.2) is 4.79 Å². The van der Waals surface area contributed by atoms with Gasteiger partial charge in [-0.2, -0.15) is 0 Å². The topological polar surface area (TPSA) is 71.1 Å². The highest BCUT2D eigenvalue weighted by molar-refractivity contribution is 5.97. The van der Waals surface area contributed by atoms with Crippen molar-refractivity contribution >= 4 is 12.3 Å². The van der Waals surface area contributed by atoms with Crippen molar-refractivity contribution in [2.24, 2.45) is 0 Å². The molecular weight excluding hydrogens is 384 g/mol. The van der Waals surface area contributed by atoms with Crippen molar-refractivity contribution in [2.75, 3.05) is 13.7 Å². The molecule has 0 heterocycles. The lowest BCUT2D eigenvalue weighted by molar-refractivity contribution is -0.116. The van der Waals surface area contributed by atoms with Gasteiger partial charge in [0.25, 0.3) is 0 Å². The van der Waals surface area contributed by atoms with Crippen molar-refractivity contribution in [3.63, 3.8) is 0 Å². The summed E-state index contributed by atoms with van der Waals surface area (Å²) < 4.78 is 22.8. The Morgan fingerprint density at radius 3 is 2.43 bits per heavy atom. The van der Waals surface area contributed by atoms with Crippen molar-refractivity contribution in [3.05, 3.63) is 53.1 Å². The predicted octanol–water partition coefficient (Wildman–Crippen LogP) is 5.07. The Kier molecular flexibility index (Phi) is 8.87. The van der Waals surface area contributed by atoms with E-state index in [0.29, 0.717) is 41.3 Å². The molecule has 0 saturated carbocycles. The highest BCUT2D eigenvalue weighted by Gasteiger charge is 2.28. The van der Waals surface area contributed by atoms with Gasteiger partial charge < -0.3 is 23.7 Å². The van der Waals surface area contributed by atoms with Crippen LogP contribution in [0, 0.1) is 6.92 Å². The fourth-order valence-electron chi connectivity index (χ4n) is 2.99. The lowest BCUT2D eigenvalue weighted by atomic mass is 9.98. The summed E-state index contributed by atoms with van der Waals surface area (Å²) in [6, 6.07) is 10.5. The van der Waals surface area contributed by atoms with Crippen LogP contribution in [0.5, 0.6) is 17.2 Å². The van der Waals surface area contributed by atoms with Crippen LogP contribution in [0.15, 0.2) is 36.4 Å². The van der Waals surface area contributed by atoms with E-state index >= 15 is 0 Å². The number of methoxy groups -OCH3 is 1. The van der Waals surface area contributed by atoms with E-state index in [4.69, 9.17) is 18.9 Å². The van der Waals surface area contributed by atoms with Crippen LogP contribution in [-0.4, -0.2) is 32.1 Å². The molecule has 0 N–H and O–H groups in total. The second kappa shape index (κ2) is 11.4. The molecule has 0 spiro atoms. The fraction of sp³-hybridized carbons (Fsp3) is 0.417. The predicted molar refractivity (Wildman–Crippen MR) is 115 cm³/mol. The third-order valence-electron chi connectivity index (χ3n) is 4.46. The highest BCUT2D eigenvalue weighted by atomic mass is 16.5. The minimum absolute atomic E-state index is 0.170. The number of para-hydroxylation sites is 1. The second-order valence-corrected chi connectivity index (χ2v) is 7.16. The van der Waals surface area contributed by atoms with Gasteiger partial charge in [0.15, 0.2) is 6.29 Å². The standard InChI is InChI=1S/C24H30O6/c1-6-7-13-28-20-14-19(21(15-25)27-5)23(29-16(2)3)17(4)22(20)24(26)30-18-11-9-8-10-12-18/h8-12,14-16,21H,6-7,13H2,1-5H3. The smallest absolute Gasteiger partial charge is 0.347 e. The van der Waals surface area contributed by atoms with Gasteiger partial charge in [0.2, 0.25) is 0 Å². The van der Waals surface area contributed by atoms with Crippen molar-refractivity contribution in [2.45, 2.75) is 52.7 Å². The highest BCUT2D eigenvalue weighted by Crippen LogP contribution is 2.39. The zero-order chi connectivity index (χ0) is 22.1. The second-order valence-electron chi connectivity index (χ2n) is 7.16. The number of carbonyl (C=O) groups is 2. The molecule has 0 bridgehead atoms. The Balaban J connectivity index is 2.60. The van der Waals surface area contributed by atoms with E-state index < -0.39 is 12.1 Å². The minimum Gasteiger partial charge on any atom is -0.493 e. The Bertz CT molecular complexity index is 845. The van der Waals surface area contributed by atoms with Crippen molar-refractivity contribution in [3.8, 4) is 17.2 Å². The van der Waals surface area contributed by atoms with Gasteiger partial charge in [-0.05, 0) is 45.4 Å². The molecule has 30 heavy (non-hydrogen) atoms. The van der Waals surface area contributed by atoms with E-state index in [2.05, 4.69) is 6.92 Å². The Morgan fingerprint density at radius 2 is 1.87 bits per heavy atom. The number of hydrogen-bond donors (Lipinski definition) is 0. The van der Waals surface area contributed by atoms with Crippen LogP contribution in [-0.2, 0) is 9.53 Å². The summed E-state index contributed by atoms with van der Waals surface area (Å²) >= 11 is 0. The molecule has 0 aliphatic carbocycles. The van der Waals surface area contributed by atoms with Crippen molar-refractivity contribution < 1.29 is 28.5 Å². The first-order valence-corrected chi connectivity index (χ1v) is 10.1. The molecule has 0 aliphatic rings. The summed E-state index contributed by atoms with van der Waals surface area (Å²) in [4.78, 5) is 24.7. The van der Waals surface area contributed by atoms with Crippen molar-refractivity contribution in [1.82, 2.24) is 0 Å². The van der Waals surface area contributed by atoms with Gasteiger partial charge in [-0.15, -0.1) is 0 Å². The first-order chi connectivity index (χ1) is 14.4. The molecule has 0 aliphatic heterocycles. The van der Waals surface area contributed by atoms with Gasteiger partial charge in [0.1, 0.15) is 28.9 Å². The van der Waals surface area contributed by atoms with E-state index in [-0.39, 0.29) is 11.7 Å². The molecular formula is C24H30O6. The van der Waals surface area contributed by atoms with Crippen LogP contribution in [0.1, 0.15) is 61.2 Å². The first-order valence-electron chi connectivity index (χ1n) is 10.1. The lowest BCUT2D eigenvalue weighted by Crippen LogP contribution is -2.18. The van der Waals surface area contributed by atoms with Crippen LogP contribution in [0.4, 0.5) is 0 Å². The molecule has 0 saturated heterocycles. The zero-order valence-electron chi connectivity index (χ0n) is 18.3. The number of unbranched alkanes of at least 4 members (excludes halogenated alkanes) is 1. The van der Waals surface area contributed by atoms with Crippen LogP contribution in [0.3, 0.4) is 0 Å². The molecule has 1 atom stereocenters. The summed E-state index contributed by atoms with van der Waals surface area (Å²) in [6.07, 6.45) is 1.45. The summed E-state index contributed by atoms with van der Waals surface area (Å²) in [5.41, 5.74) is 1.33. The van der Waals surface area contributed by atoms with Gasteiger partial charge in [-0.1, -0.05) is 31.5 Å². The fourth-order valence-corrected chi connectivity index (χ4v) is 2.99. The first kappa shape index (κ1) is 23.4.